The number of aliphatic hydroxyl groups excluding tert-OH is 1. The molecule has 4 heteroatoms. The number of aliphatic hydroxyl groups is 1. The van der Waals surface area contributed by atoms with Gasteiger partial charge < -0.3 is 15.2 Å². The summed E-state index contributed by atoms with van der Waals surface area (Å²) in [6.45, 7) is 3.49. The smallest absolute Gasteiger partial charge is 0.123 e. The normalized spacial score (nSPS) is 18.0. The first kappa shape index (κ1) is 12.4. The highest BCUT2D eigenvalue weighted by Crippen LogP contribution is 2.22. The maximum Gasteiger partial charge on any atom is 0.123 e. The zero-order valence-electron chi connectivity index (χ0n) is 10.2. The third-order valence-corrected chi connectivity index (χ3v) is 3.14. The van der Waals surface area contributed by atoms with Gasteiger partial charge in [0.25, 0.3) is 0 Å². The summed E-state index contributed by atoms with van der Waals surface area (Å²) in [4.78, 5) is 2.31. The summed E-state index contributed by atoms with van der Waals surface area (Å²) in [5.74, 6) is 0.986. The van der Waals surface area contributed by atoms with Gasteiger partial charge in [-0.05, 0) is 13.1 Å². The topological polar surface area (TPSA) is 44.7 Å². The molecule has 0 bridgehead atoms. The molecule has 1 aliphatic rings. The van der Waals surface area contributed by atoms with E-state index in [4.69, 9.17) is 4.74 Å². The molecule has 1 heterocycles. The van der Waals surface area contributed by atoms with E-state index in [-0.39, 0.29) is 12.6 Å². The summed E-state index contributed by atoms with van der Waals surface area (Å²) >= 11 is 0. The second-order valence-corrected chi connectivity index (χ2v) is 4.36. The average molecular weight is 236 g/mol. The number of ether oxygens (including phenoxy) is 1. The average Bonchev–Trinajstić information content (AvgIpc) is 2.57. The van der Waals surface area contributed by atoms with Crippen LogP contribution in [0, 0.1) is 0 Å². The predicted octanol–water partition coefficient (Wildman–Crippen LogP) is 0.461. The fourth-order valence-corrected chi connectivity index (χ4v) is 2.09. The molecule has 17 heavy (non-hydrogen) atoms. The lowest BCUT2D eigenvalue weighted by Crippen LogP contribution is -2.42. The van der Waals surface area contributed by atoms with Gasteiger partial charge in [0, 0.05) is 31.2 Å². The van der Waals surface area contributed by atoms with E-state index in [2.05, 4.69) is 16.3 Å². The van der Waals surface area contributed by atoms with Gasteiger partial charge in [-0.15, -0.1) is 0 Å². The van der Waals surface area contributed by atoms with Gasteiger partial charge in [-0.1, -0.05) is 18.2 Å². The molecule has 0 saturated carbocycles. The van der Waals surface area contributed by atoms with Gasteiger partial charge in [0.15, 0.2) is 0 Å². The molecule has 2 rings (SSSR count). The van der Waals surface area contributed by atoms with E-state index in [0.717, 1.165) is 25.4 Å². The van der Waals surface area contributed by atoms with Crippen LogP contribution >= 0.6 is 0 Å². The lowest BCUT2D eigenvalue weighted by atomic mass is 10.2. The van der Waals surface area contributed by atoms with Gasteiger partial charge in [0.1, 0.15) is 12.4 Å². The Morgan fingerprint density at radius 1 is 1.47 bits per heavy atom. The maximum atomic E-state index is 9.20. The Morgan fingerprint density at radius 3 is 3.06 bits per heavy atom. The maximum absolute atomic E-state index is 9.20. The van der Waals surface area contributed by atoms with Gasteiger partial charge in [-0.25, -0.2) is 0 Å². The fourth-order valence-electron chi connectivity index (χ4n) is 2.09. The molecule has 1 unspecified atom stereocenters. The number of hydrogen-bond acceptors (Lipinski definition) is 4. The molecule has 1 aromatic carbocycles. The Bertz CT molecular complexity index is 353. The number of benzene rings is 1. The minimum absolute atomic E-state index is 0.125. The molecule has 0 fully saturated rings. The first-order valence-electron chi connectivity index (χ1n) is 6.04. The number of rotatable bonds is 4. The van der Waals surface area contributed by atoms with Gasteiger partial charge >= 0.3 is 0 Å². The van der Waals surface area contributed by atoms with E-state index >= 15 is 0 Å². The molecule has 2 N–H and O–H groups in total. The van der Waals surface area contributed by atoms with E-state index in [1.54, 1.807) is 0 Å². The highest BCUT2D eigenvalue weighted by atomic mass is 16.5. The lowest BCUT2D eigenvalue weighted by molar-refractivity contribution is 0.170. The molecule has 1 atom stereocenters. The molecular weight excluding hydrogens is 216 g/mol. The van der Waals surface area contributed by atoms with Crippen LogP contribution in [-0.2, 0) is 6.54 Å². The highest BCUT2D eigenvalue weighted by molar-refractivity contribution is 5.33. The Kier molecular flexibility index (Phi) is 4.36. The van der Waals surface area contributed by atoms with Crippen LogP contribution in [0.5, 0.6) is 5.75 Å². The minimum Gasteiger partial charge on any atom is -0.492 e. The third-order valence-electron chi connectivity index (χ3n) is 3.14. The zero-order chi connectivity index (χ0) is 12.1. The van der Waals surface area contributed by atoms with E-state index < -0.39 is 0 Å². The van der Waals surface area contributed by atoms with Crippen molar-refractivity contribution in [3.8, 4) is 5.75 Å². The summed E-state index contributed by atoms with van der Waals surface area (Å²) in [6.07, 6.45) is 0. The fraction of sp³-hybridized carbons (Fsp3) is 0.538. The molecule has 1 aromatic rings. The summed E-state index contributed by atoms with van der Waals surface area (Å²) < 4.78 is 5.70. The summed E-state index contributed by atoms with van der Waals surface area (Å²) in [5, 5.41) is 12.3. The number of nitrogens with zero attached hydrogens (tertiary/aromatic N) is 1. The Hall–Kier alpha value is -1.10. The third kappa shape index (κ3) is 3.19. The zero-order valence-corrected chi connectivity index (χ0v) is 10.2. The summed E-state index contributed by atoms with van der Waals surface area (Å²) in [7, 11) is 1.88. The molecule has 94 valence electrons. The highest BCUT2D eigenvalue weighted by Gasteiger charge is 2.17. The van der Waals surface area contributed by atoms with Crippen LogP contribution in [0.15, 0.2) is 24.3 Å². The molecule has 0 saturated heterocycles. The van der Waals surface area contributed by atoms with Crippen molar-refractivity contribution < 1.29 is 9.84 Å². The van der Waals surface area contributed by atoms with Crippen molar-refractivity contribution in [1.29, 1.82) is 0 Å². The molecule has 0 radical (unpaired) electrons. The van der Waals surface area contributed by atoms with Crippen molar-refractivity contribution in [2.24, 2.45) is 0 Å². The van der Waals surface area contributed by atoms with Crippen LogP contribution in [0.1, 0.15) is 5.56 Å². The number of fused-ring (bicyclic) bond motifs is 1. The van der Waals surface area contributed by atoms with Crippen LogP contribution in [0.3, 0.4) is 0 Å². The first-order valence-corrected chi connectivity index (χ1v) is 6.04. The number of para-hydroxylation sites is 1. The molecule has 4 nitrogen and oxygen atoms in total. The van der Waals surface area contributed by atoms with Crippen LogP contribution in [0.2, 0.25) is 0 Å². The van der Waals surface area contributed by atoms with E-state index in [0.29, 0.717) is 6.61 Å². The second-order valence-electron chi connectivity index (χ2n) is 4.36. The molecule has 0 aliphatic carbocycles. The predicted molar refractivity (Wildman–Crippen MR) is 67.1 cm³/mol. The van der Waals surface area contributed by atoms with E-state index in [1.807, 2.05) is 25.2 Å². The van der Waals surface area contributed by atoms with Crippen molar-refractivity contribution in [2.45, 2.75) is 12.6 Å². The second kappa shape index (κ2) is 6.00. The van der Waals surface area contributed by atoms with Crippen molar-refractivity contribution >= 4 is 0 Å². The summed E-state index contributed by atoms with van der Waals surface area (Å²) in [5.41, 5.74) is 1.22. The molecule has 0 spiro atoms. The first-order chi connectivity index (χ1) is 8.33. The van der Waals surface area contributed by atoms with Crippen molar-refractivity contribution in [2.75, 3.05) is 33.4 Å². The molecule has 0 aromatic heterocycles. The van der Waals surface area contributed by atoms with Crippen LogP contribution in [0.4, 0.5) is 0 Å². The Morgan fingerprint density at radius 2 is 2.29 bits per heavy atom. The Balaban J connectivity index is 2.02. The quantitative estimate of drug-likeness (QED) is 0.797. The lowest BCUT2D eigenvalue weighted by Gasteiger charge is -2.24. The number of hydrogen-bond donors (Lipinski definition) is 2. The largest absolute Gasteiger partial charge is 0.492 e. The summed E-state index contributed by atoms with van der Waals surface area (Å²) in [6, 6.07) is 8.27. The minimum atomic E-state index is 0.125. The SMILES string of the molecule is CNC(CO)CN1CCOc2ccccc2C1. The van der Waals surface area contributed by atoms with Gasteiger partial charge in [0.2, 0.25) is 0 Å². The van der Waals surface area contributed by atoms with Gasteiger partial charge in [0.05, 0.1) is 6.61 Å². The van der Waals surface area contributed by atoms with Crippen molar-refractivity contribution in [3.63, 3.8) is 0 Å². The van der Waals surface area contributed by atoms with E-state index in [1.165, 1.54) is 5.56 Å². The van der Waals surface area contributed by atoms with Gasteiger partial charge in [-0.2, -0.15) is 0 Å². The van der Waals surface area contributed by atoms with E-state index in [9.17, 15) is 5.11 Å². The van der Waals surface area contributed by atoms with Gasteiger partial charge in [-0.3, -0.25) is 4.90 Å². The Labute approximate surface area is 102 Å². The number of likely N-dealkylation sites (N-methyl/N-ethyl adjacent to an activating group) is 1. The van der Waals surface area contributed by atoms with Crippen LogP contribution in [0.25, 0.3) is 0 Å². The monoisotopic (exact) mass is 236 g/mol. The van der Waals surface area contributed by atoms with Crippen LogP contribution in [-0.4, -0.2) is 49.4 Å². The molecular formula is C13H20N2O2. The van der Waals surface area contributed by atoms with Crippen LogP contribution < -0.4 is 10.1 Å². The van der Waals surface area contributed by atoms with Crippen molar-refractivity contribution in [1.82, 2.24) is 10.2 Å². The standard InChI is InChI=1S/C13H20N2O2/c1-14-12(10-16)9-15-6-7-17-13-5-3-2-4-11(13)8-15/h2-5,12,14,16H,6-10H2,1H3. The molecule has 0 amide bonds. The number of nitrogens with one attached hydrogen (secondary N) is 1. The molecule has 1 aliphatic heterocycles. The van der Waals surface area contributed by atoms with Crippen molar-refractivity contribution in [3.05, 3.63) is 29.8 Å².